The molecule has 1 aliphatic rings. The van der Waals surface area contributed by atoms with Crippen molar-refractivity contribution < 1.29 is 18.6 Å². The number of quaternary nitrogens is 1. The van der Waals surface area contributed by atoms with Crippen LogP contribution in [-0.2, 0) is 11.3 Å². The number of hydrogen-bond acceptors (Lipinski definition) is 6. The molecule has 0 radical (unpaired) electrons. The molecule has 184 valence electrons. The SMILES string of the molecule is CCOc1ccc([N+](CC)(CCO)S(=O)O)cc1-c1nn2c(C3CCCC3)nc(C)c2c(=O)[nH]1. The topological polar surface area (TPSA) is 130 Å². The van der Waals surface area contributed by atoms with Gasteiger partial charge in [0.25, 0.3) is 5.56 Å². The zero-order valence-corrected chi connectivity index (χ0v) is 20.6. The van der Waals surface area contributed by atoms with E-state index in [0.29, 0.717) is 40.6 Å². The van der Waals surface area contributed by atoms with E-state index in [2.05, 4.69) is 9.97 Å². The number of ether oxygens (including phenoxy) is 1. The molecule has 1 fully saturated rings. The molecule has 0 amide bonds. The number of likely N-dealkylation sites (N-methyl/N-ethyl adjacent to an activating group) is 1. The predicted molar refractivity (Wildman–Crippen MR) is 131 cm³/mol. The van der Waals surface area contributed by atoms with E-state index in [-0.39, 0.29) is 35.1 Å². The number of H-pyrrole nitrogens is 1. The van der Waals surface area contributed by atoms with E-state index < -0.39 is 11.3 Å². The lowest BCUT2D eigenvalue weighted by Gasteiger charge is -2.31. The number of aryl methyl sites for hydroxylation is 1. The number of aromatic amines is 1. The average molecular weight is 491 g/mol. The fraction of sp³-hybridized carbons (Fsp3) is 0.522. The van der Waals surface area contributed by atoms with E-state index in [1.54, 1.807) is 29.6 Å². The molecule has 4 rings (SSSR count). The number of benzene rings is 1. The lowest BCUT2D eigenvalue weighted by atomic mass is 10.1. The van der Waals surface area contributed by atoms with Gasteiger partial charge in [-0.1, -0.05) is 12.8 Å². The van der Waals surface area contributed by atoms with Crippen molar-refractivity contribution in [1.82, 2.24) is 23.5 Å². The van der Waals surface area contributed by atoms with Crippen molar-refractivity contribution in [1.29, 1.82) is 0 Å². The first kappa shape index (κ1) is 24.5. The van der Waals surface area contributed by atoms with Crippen molar-refractivity contribution in [2.24, 2.45) is 0 Å². The van der Waals surface area contributed by atoms with Crippen LogP contribution in [0.5, 0.6) is 5.75 Å². The number of hydrogen-bond donors (Lipinski definition) is 3. The lowest BCUT2D eigenvalue weighted by molar-refractivity contribution is 0.255. The van der Waals surface area contributed by atoms with Crippen LogP contribution in [-0.4, -0.2) is 59.8 Å². The van der Waals surface area contributed by atoms with Crippen LogP contribution in [0.1, 0.15) is 57.0 Å². The van der Waals surface area contributed by atoms with Crippen molar-refractivity contribution in [2.45, 2.75) is 52.4 Å². The van der Waals surface area contributed by atoms with Crippen LogP contribution in [0.4, 0.5) is 5.69 Å². The maximum atomic E-state index is 13.1. The third-order valence-electron chi connectivity index (χ3n) is 6.68. The molecule has 2 unspecified atom stereocenters. The van der Waals surface area contributed by atoms with E-state index in [0.717, 1.165) is 31.5 Å². The molecular formula is C23H32N5O5S+. The fourth-order valence-corrected chi connectivity index (χ4v) is 5.66. The largest absolute Gasteiger partial charge is 0.493 e. The van der Waals surface area contributed by atoms with Crippen LogP contribution in [0.25, 0.3) is 16.9 Å². The first-order valence-electron chi connectivity index (χ1n) is 11.7. The van der Waals surface area contributed by atoms with Gasteiger partial charge in [0.15, 0.2) is 11.3 Å². The van der Waals surface area contributed by atoms with Gasteiger partial charge < -0.3 is 14.8 Å². The Hall–Kier alpha value is -2.60. The summed E-state index contributed by atoms with van der Waals surface area (Å²) >= 11 is -2.29. The molecular weight excluding hydrogens is 458 g/mol. The molecule has 1 saturated carbocycles. The third kappa shape index (κ3) is 4.17. The Labute approximate surface area is 200 Å². The van der Waals surface area contributed by atoms with Gasteiger partial charge in [-0.2, -0.15) is 8.10 Å². The van der Waals surface area contributed by atoms with Crippen LogP contribution >= 0.6 is 0 Å². The molecule has 2 aromatic heterocycles. The Kier molecular flexibility index (Phi) is 7.17. The zero-order chi connectivity index (χ0) is 24.5. The second kappa shape index (κ2) is 9.95. The molecule has 1 aromatic carbocycles. The highest BCUT2D eigenvalue weighted by molar-refractivity contribution is 7.78. The molecule has 0 aliphatic heterocycles. The summed E-state index contributed by atoms with van der Waals surface area (Å²) in [5, 5.41) is 14.4. The van der Waals surface area contributed by atoms with Gasteiger partial charge in [-0.05, 0) is 39.7 Å². The van der Waals surface area contributed by atoms with Crippen molar-refractivity contribution in [2.75, 3.05) is 26.3 Å². The van der Waals surface area contributed by atoms with Gasteiger partial charge in [0.1, 0.15) is 23.8 Å². The molecule has 3 aromatic rings. The van der Waals surface area contributed by atoms with Gasteiger partial charge in [-0.25, -0.2) is 9.50 Å². The normalized spacial score (nSPS) is 17.2. The summed E-state index contributed by atoms with van der Waals surface area (Å²) in [6.07, 6.45) is 4.29. The van der Waals surface area contributed by atoms with Gasteiger partial charge in [-0.15, -0.1) is 5.10 Å². The molecule has 0 saturated heterocycles. The van der Waals surface area contributed by atoms with E-state index >= 15 is 0 Å². The highest BCUT2D eigenvalue weighted by Crippen LogP contribution is 2.37. The number of aromatic nitrogens is 4. The van der Waals surface area contributed by atoms with Crippen molar-refractivity contribution in [3.63, 3.8) is 0 Å². The highest BCUT2D eigenvalue weighted by atomic mass is 32.2. The van der Waals surface area contributed by atoms with Crippen molar-refractivity contribution in [3.05, 3.63) is 40.1 Å². The van der Waals surface area contributed by atoms with Gasteiger partial charge in [0.05, 0.1) is 31.0 Å². The molecule has 34 heavy (non-hydrogen) atoms. The summed E-state index contributed by atoms with van der Waals surface area (Å²) in [5.41, 5.74) is 1.78. The zero-order valence-electron chi connectivity index (χ0n) is 19.8. The van der Waals surface area contributed by atoms with Gasteiger partial charge in [-0.3, -0.25) is 9.35 Å². The number of nitrogens with one attached hydrogen (secondary N) is 1. The standard InChI is InChI=1S/C23H31N5O5S/c1-4-28(12-13-29,34(31)32)17-10-11-19(33-5-2)18(14-17)21-25-23(30)20-15(3)24-22(27(20)26-21)16-8-6-7-9-16/h10-11,14,16,29H,4-9,12-13H2,1-3H3,(H-,25,26,30,31,32)/p+1. The van der Waals surface area contributed by atoms with Gasteiger partial charge in [0.2, 0.25) is 0 Å². The number of aliphatic hydroxyl groups is 1. The van der Waals surface area contributed by atoms with E-state index in [1.807, 2.05) is 13.8 Å². The summed E-state index contributed by atoms with van der Waals surface area (Å²) in [7, 11) is 0. The number of rotatable bonds is 9. The maximum absolute atomic E-state index is 13.1. The van der Waals surface area contributed by atoms with Crippen LogP contribution < -0.4 is 14.2 Å². The van der Waals surface area contributed by atoms with Crippen LogP contribution in [0, 0.1) is 6.92 Å². The van der Waals surface area contributed by atoms with Crippen molar-refractivity contribution in [3.8, 4) is 17.1 Å². The average Bonchev–Trinajstić information content (AvgIpc) is 3.46. The molecule has 3 N–H and O–H groups in total. The summed E-state index contributed by atoms with van der Waals surface area (Å²) in [6.45, 7) is 5.93. The molecule has 10 nitrogen and oxygen atoms in total. The molecule has 11 heteroatoms. The van der Waals surface area contributed by atoms with E-state index in [9.17, 15) is 18.7 Å². The Morgan fingerprint density at radius 3 is 2.65 bits per heavy atom. The van der Waals surface area contributed by atoms with Crippen LogP contribution in [0.2, 0.25) is 0 Å². The summed E-state index contributed by atoms with van der Waals surface area (Å²) in [5.74, 6) is 1.84. The fourth-order valence-electron chi connectivity index (χ4n) is 4.91. The summed E-state index contributed by atoms with van der Waals surface area (Å²) in [4.78, 5) is 20.7. The number of fused-ring (bicyclic) bond motifs is 1. The first-order valence-corrected chi connectivity index (χ1v) is 12.8. The number of nitrogens with zero attached hydrogens (tertiary/aromatic N) is 4. The van der Waals surface area contributed by atoms with E-state index in [1.165, 1.54) is 0 Å². The third-order valence-corrected chi connectivity index (χ3v) is 7.93. The highest BCUT2D eigenvalue weighted by Gasteiger charge is 2.36. The second-order valence-corrected chi connectivity index (χ2v) is 9.76. The molecule has 0 spiro atoms. The van der Waals surface area contributed by atoms with E-state index in [4.69, 9.17) is 9.84 Å². The first-order chi connectivity index (χ1) is 16.4. The molecule has 2 heterocycles. The lowest BCUT2D eigenvalue weighted by Crippen LogP contribution is -2.52. The Balaban J connectivity index is 1.94. The second-order valence-electron chi connectivity index (χ2n) is 8.60. The van der Waals surface area contributed by atoms with Gasteiger partial charge >= 0.3 is 11.3 Å². The van der Waals surface area contributed by atoms with Crippen LogP contribution in [0.3, 0.4) is 0 Å². The minimum absolute atomic E-state index is 0.0581. The van der Waals surface area contributed by atoms with Crippen molar-refractivity contribution >= 4 is 22.5 Å². The molecule has 1 aliphatic carbocycles. The number of imidazole rings is 1. The predicted octanol–water partition coefficient (Wildman–Crippen LogP) is 2.91. The summed E-state index contributed by atoms with van der Waals surface area (Å²) < 4.78 is 29.6. The maximum Gasteiger partial charge on any atom is 0.363 e. The van der Waals surface area contributed by atoms with Crippen LogP contribution in [0.15, 0.2) is 23.0 Å². The smallest absolute Gasteiger partial charge is 0.363 e. The molecule has 0 bridgehead atoms. The Bertz CT molecular complexity index is 1270. The monoisotopic (exact) mass is 490 g/mol. The minimum Gasteiger partial charge on any atom is -0.493 e. The Morgan fingerprint density at radius 1 is 1.29 bits per heavy atom. The molecule has 2 atom stereocenters. The minimum atomic E-state index is -2.29. The number of aliphatic hydroxyl groups excluding tert-OH is 1. The van der Waals surface area contributed by atoms with Gasteiger partial charge in [0, 0.05) is 18.1 Å². The summed E-state index contributed by atoms with van der Waals surface area (Å²) in [6, 6.07) is 5.13. The Morgan fingerprint density at radius 2 is 2.03 bits per heavy atom. The quantitative estimate of drug-likeness (QED) is 0.311.